The monoisotopic (exact) mass is 461 g/mol. The molecule has 2 heterocycles. The van der Waals surface area contributed by atoms with Crippen molar-refractivity contribution in [2.75, 3.05) is 13.1 Å². The molecule has 0 radical (unpaired) electrons. The Morgan fingerprint density at radius 1 is 0.970 bits per heavy atom. The van der Waals surface area contributed by atoms with Gasteiger partial charge in [0.25, 0.3) is 0 Å². The first kappa shape index (κ1) is 22.0. The molecule has 1 saturated carbocycles. The van der Waals surface area contributed by atoms with Crippen LogP contribution in [-0.4, -0.2) is 44.3 Å². The van der Waals surface area contributed by atoms with E-state index >= 15 is 0 Å². The van der Waals surface area contributed by atoms with Crippen LogP contribution < -0.4 is 5.32 Å². The normalized spacial score (nSPS) is 17.3. The molecule has 1 amide bonds. The molecule has 1 aromatic heterocycles. The van der Waals surface area contributed by atoms with E-state index in [0.29, 0.717) is 17.5 Å². The van der Waals surface area contributed by atoms with Gasteiger partial charge in [0.15, 0.2) is 5.82 Å². The molecule has 2 aromatic carbocycles. The Hall–Kier alpha value is -2.77. The standard InChI is InChI=1S/C26H31N5OS/c1-18-3-7-20(8-4-18)24-28-30(26(33)31(24)23-11-5-19(2)6-12-23)17-29-15-13-21(14-16-29)25(32)27-22-9-10-22/h3-8,11-12,21-22H,9-10,13-17H2,1-2H3,(H,27,32). The zero-order valence-electron chi connectivity index (χ0n) is 19.3. The molecule has 6 nitrogen and oxygen atoms in total. The van der Waals surface area contributed by atoms with Gasteiger partial charge in [-0.15, -0.1) is 5.10 Å². The predicted molar refractivity (Wildman–Crippen MR) is 133 cm³/mol. The molecule has 2 fully saturated rings. The van der Waals surface area contributed by atoms with Gasteiger partial charge < -0.3 is 5.32 Å². The first-order valence-electron chi connectivity index (χ1n) is 11.8. The maximum Gasteiger partial charge on any atom is 0.223 e. The molecular weight excluding hydrogens is 430 g/mol. The number of nitrogens with one attached hydrogen (secondary N) is 1. The first-order valence-corrected chi connectivity index (χ1v) is 12.3. The van der Waals surface area contributed by atoms with Crippen LogP contribution in [0.25, 0.3) is 17.1 Å². The highest BCUT2D eigenvalue weighted by Gasteiger charge is 2.30. The third-order valence-corrected chi connectivity index (χ3v) is 7.05. The van der Waals surface area contributed by atoms with Gasteiger partial charge >= 0.3 is 0 Å². The second-order valence-electron chi connectivity index (χ2n) is 9.46. The Morgan fingerprint density at radius 2 is 1.58 bits per heavy atom. The molecule has 0 bridgehead atoms. The number of amides is 1. The van der Waals surface area contributed by atoms with Crippen molar-refractivity contribution < 1.29 is 4.79 Å². The molecule has 5 rings (SSSR count). The highest BCUT2D eigenvalue weighted by molar-refractivity contribution is 7.71. The van der Waals surface area contributed by atoms with Crippen LogP contribution in [0.15, 0.2) is 48.5 Å². The number of hydrogen-bond donors (Lipinski definition) is 1. The lowest BCUT2D eigenvalue weighted by molar-refractivity contribution is -0.126. The summed E-state index contributed by atoms with van der Waals surface area (Å²) in [5, 5.41) is 8.12. The number of benzene rings is 2. The number of carbonyl (C=O) groups excluding carboxylic acids is 1. The molecule has 0 unspecified atom stereocenters. The lowest BCUT2D eigenvalue weighted by Crippen LogP contribution is -2.41. The summed E-state index contributed by atoms with van der Waals surface area (Å²) >= 11 is 5.91. The van der Waals surface area contributed by atoms with Crippen LogP contribution in [-0.2, 0) is 11.5 Å². The van der Waals surface area contributed by atoms with Crippen LogP contribution in [0.1, 0.15) is 36.8 Å². The minimum absolute atomic E-state index is 0.128. The summed E-state index contributed by atoms with van der Waals surface area (Å²) in [4.78, 5) is 14.8. The van der Waals surface area contributed by atoms with E-state index < -0.39 is 0 Å². The Morgan fingerprint density at radius 3 is 2.18 bits per heavy atom. The van der Waals surface area contributed by atoms with E-state index in [1.54, 1.807) is 0 Å². The summed E-state index contributed by atoms with van der Waals surface area (Å²) in [6, 6.07) is 17.2. The van der Waals surface area contributed by atoms with E-state index in [0.717, 1.165) is 55.8 Å². The van der Waals surface area contributed by atoms with Crippen molar-refractivity contribution in [3.05, 3.63) is 64.4 Å². The fourth-order valence-corrected chi connectivity index (χ4v) is 4.68. The maximum atomic E-state index is 12.4. The van der Waals surface area contributed by atoms with Crippen LogP contribution >= 0.6 is 12.2 Å². The van der Waals surface area contributed by atoms with Crippen molar-refractivity contribution in [2.45, 2.75) is 52.2 Å². The van der Waals surface area contributed by atoms with Crippen molar-refractivity contribution in [2.24, 2.45) is 5.92 Å². The second-order valence-corrected chi connectivity index (χ2v) is 9.82. The number of piperidine rings is 1. The van der Waals surface area contributed by atoms with E-state index in [2.05, 4.69) is 77.2 Å². The van der Waals surface area contributed by atoms with Gasteiger partial charge in [-0.2, -0.15) is 0 Å². The zero-order chi connectivity index (χ0) is 22.9. The van der Waals surface area contributed by atoms with Crippen molar-refractivity contribution in [3.63, 3.8) is 0 Å². The minimum Gasteiger partial charge on any atom is -0.353 e. The SMILES string of the molecule is Cc1ccc(-c2nn(CN3CCC(C(=O)NC4CC4)CC3)c(=S)n2-c2ccc(C)cc2)cc1. The van der Waals surface area contributed by atoms with Gasteiger partial charge in [-0.25, -0.2) is 4.68 Å². The Labute approximate surface area is 200 Å². The van der Waals surface area contributed by atoms with Gasteiger partial charge in [-0.1, -0.05) is 47.5 Å². The van der Waals surface area contributed by atoms with E-state index in [4.69, 9.17) is 17.3 Å². The van der Waals surface area contributed by atoms with Gasteiger partial charge in [0.2, 0.25) is 10.7 Å². The number of aryl methyl sites for hydroxylation is 2. The molecule has 7 heteroatoms. The van der Waals surface area contributed by atoms with Gasteiger partial charge in [0.1, 0.15) is 0 Å². The molecule has 1 N–H and O–H groups in total. The van der Waals surface area contributed by atoms with Crippen LogP contribution in [0.2, 0.25) is 0 Å². The number of aromatic nitrogens is 3. The summed E-state index contributed by atoms with van der Waals surface area (Å²) in [6.45, 7) is 6.56. The van der Waals surface area contributed by atoms with Crippen LogP contribution in [0.3, 0.4) is 0 Å². The fourth-order valence-electron chi connectivity index (χ4n) is 4.39. The lowest BCUT2D eigenvalue weighted by Gasteiger charge is -2.30. The molecule has 33 heavy (non-hydrogen) atoms. The Bertz CT molecular complexity index is 1180. The average Bonchev–Trinajstić information content (AvgIpc) is 3.58. The van der Waals surface area contributed by atoms with Crippen LogP contribution in [0, 0.1) is 24.5 Å². The van der Waals surface area contributed by atoms with Crippen molar-refractivity contribution in [1.29, 1.82) is 0 Å². The van der Waals surface area contributed by atoms with Crippen molar-refractivity contribution in [3.8, 4) is 17.1 Å². The lowest BCUT2D eigenvalue weighted by atomic mass is 9.96. The molecule has 1 aliphatic carbocycles. The highest BCUT2D eigenvalue weighted by atomic mass is 32.1. The van der Waals surface area contributed by atoms with Gasteiger partial charge in [0.05, 0.1) is 6.67 Å². The number of nitrogens with zero attached hydrogens (tertiary/aromatic N) is 4. The number of likely N-dealkylation sites (tertiary alicyclic amines) is 1. The predicted octanol–water partition coefficient (Wildman–Crippen LogP) is 4.64. The Kier molecular flexibility index (Phi) is 6.17. The number of carbonyl (C=O) groups is 1. The smallest absolute Gasteiger partial charge is 0.223 e. The molecule has 0 spiro atoms. The number of rotatable bonds is 6. The van der Waals surface area contributed by atoms with Crippen LogP contribution in [0.4, 0.5) is 0 Å². The molecule has 1 saturated heterocycles. The first-order chi connectivity index (χ1) is 16.0. The third-order valence-electron chi connectivity index (χ3n) is 6.66. The molecule has 1 aliphatic heterocycles. The molecule has 3 aromatic rings. The quantitative estimate of drug-likeness (QED) is 0.544. The van der Waals surface area contributed by atoms with Crippen LogP contribution in [0.5, 0.6) is 0 Å². The summed E-state index contributed by atoms with van der Waals surface area (Å²) in [7, 11) is 0. The average molecular weight is 462 g/mol. The Balaban J connectivity index is 1.38. The topological polar surface area (TPSA) is 55.1 Å². The molecular formula is C26H31N5OS. The highest BCUT2D eigenvalue weighted by Crippen LogP contribution is 2.25. The minimum atomic E-state index is 0.128. The second kappa shape index (κ2) is 9.23. The van der Waals surface area contributed by atoms with E-state index in [1.165, 1.54) is 11.1 Å². The summed E-state index contributed by atoms with van der Waals surface area (Å²) in [5.74, 6) is 1.21. The van der Waals surface area contributed by atoms with Gasteiger partial charge in [-0.3, -0.25) is 14.3 Å². The molecule has 0 atom stereocenters. The summed E-state index contributed by atoms with van der Waals surface area (Å²) in [5.41, 5.74) is 4.49. The van der Waals surface area contributed by atoms with E-state index in [1.807, 2.05) is 4.68 Å². The molecule has 2 aliphatic rings. The largest absolute Gasteiger partial charge is 0.353 e. The van der Waals surface area contributed by atoms with E-state index in [9.17, 15) is 4.79 Å². The summed E-state index contributed by atoms with van der Waals surface area (Å²) in [6.07, 6.45) is 4.04. The third kappa shape index (κ3) is 4.94. The van der Waals surface area contributed by atoms with Gasteiger partial charge in [-0.05, 0) is 63.9 Å². The molecule has 172 valence electrons. The zero-order valence-corrected chi connectivity index (χ0v) is 20.1. The maximum absolute atomic E-state index is 12.4. The fraction of sp³-hybridized carbons (Fsp3) is 0.423. The van der Waals surface area contributed by atoms with Crippen molar-refractivity contribution >= 4 is 18.1 Å². The van der Waals surface area contributed by atoms with Crippen molar-refractivity contribution in [1.82, 2.24) is 24.6 Å². The number of hydrogen-bond acceptors (Lipinski definition) is 4. The van der Waals surface area contributed by atoms with E-state index in [-0.39, 0.29) is 11.8 Å². The van der Waals surface area contributed by atoms with Gasteiger partial charge in [0, 0.05) is 36.3 Å². The summed E-state index contributed by atoms with van der Waals surface area (Å²) < 4.78 is 4.67.